The van der Waals surface area contributed by atoms with Crippen molar-refractivity contribution in [2.75, 3.05) is 0 Å². The minimum atomic E-state index is -0.340. The summed E-state index contributed by atoms with van der Waals surface area (Å²) >= 11 is 0. The lowest BCUT2D eigenvalue weighted by atomic mass is 10.1. The Kier molecular flexibility index (Phi) is 4.14. The van der Waals surface area contributed by atoms with Crippen molar-refractivity contribution in [3.63, 3.8) is 0 Å². The summed E-state index contributed by atoms with van der Waals surface area (Å²) < 4.78 is 6.01. The Morgan fingerprint density at radius 3 is 3.00 bits per heavy atom. The van der Waals surface area contributed by atoms with Gasteiger partial charge in [0.25, 0.3) is 5.91 Å². The molecule has 0 aliphatic rings. The van der Waals surface area contributed by atoms with Gasteiger partial charge < -0.3 is 15.5 Å². The number of hydrogen-bond acceptors (Lipinski definition) is 5. The van der Waals surface area contributed by atoms with Gasteiger partial charge in [0, 0.05) is 29.2 Å². The van der Waals surface area contributed by atoms with Crippen LogP contribution in [0.15, 0.2) is 53.3 Å². The summed E-state index contributed by atoms with van der Waals surface area (Å²) in [6, 6.07) is 8.80. The summed E-state index contributed by atoms with van der Waals surface area (Å²) in [5, 5.41) is 12.0. The van der Waals surface area contributed by atoms with Crippen LogP contribution in [-0.2, 0) is 0 Å². The molecule has 0 fully saturated rings. The van der Waals surface area contributed by atoms with Gasteiger partial charge in [0.2, 0.25) is 0 Å². The molecule has 7 nitrogen and oxygen atoms in total. The van der Waals surface area contributed by atoms with Crippen LogP contribution in [0.5, 0.6) is 0 Å². The van der Waals surface area contributed by atoms with E-state index in [2.05, 4.69) is 20.5 Å². The second-order valence-electron chi connectivity index (χ2n) is 6.44. The van der Waals surface area contributed by atoms with Crippen molar-refractivity contribution < 1.29 is 9.21 Å². The van der Waals surface area contributed by atoms with Crippen molar-refractivity contribution in [2.45, 2.75) is 25.4 Å². The van der Waals surface area contributed by atoms with E-state index in [0.717, 1.165) is 21.9 Å². The first-order chi connectivity index (χ1) is 12.6. The molecule has 4 rings (SSSR count). The fourth-order valence-electron chi connectivity index (χ4n) is 3.08. The Morgan fingerprint density at radius 1 is 1.35 bits per heavy atom. The number of furan rings is 1. The minimum Gasteiger partial charge on any atom is -0.459 e. The summed E-state index contributed by atoms with van der Waals surface area (Å²) in [4.78, 5) is 16.5. The molecule has 7 heteroatoms. The highest BCUT2D eigenvalue weighted by Gasteiger charge is 2.22. The van der Waals surface area contributed by atoms with Gasteiger partial charge in [0.1, 0.15) is 11.3 Å². The van der Waals surface area contributed by atoms with Crippen molar-refractivity contribution in [1.82, 2.24) is 20.5 Å². The summed E-state index contributed by atoms with van der Waals surface area (Å²) in [5.41, 5.74) is 8.14. The number of H-pyrrole nitrogens is 1. The average Bonchev–Trinajstić information content (AvgIpc) is 3.27. The molecule has 4 N–H and O–H groups in total. The zero-order valence-electron chi connectivity index (χ0n) is 14.3. The molecule has 1 unspecified atom stereocenters. The van der Waals surface area contributed by atoms with Gasteiger partial charge in [0.05, 0.1) is 23.3 Å². The molecule has 132 valence electrons. The molecule has 4 aromatic rings. The van der Waals surface area contributed by atoms with Gasteiger partial charge >= 0.3 is 0 Å². The molecule has 0 bridgehead atoms. The topological polar surface area (TPSA) is 110 Å². The summed E-state index contributed by atoms with van der Waals surface area (Å²) in [5.74, 6) is 0.451. The molecule has 1 aromatic carbocycles. The summed E-state index contributed by atoms with van der Waals surface area (Å²) in [7, 11) is 0. The van der Waals surface area contributed by atoms with Gasteiger partial charge in [0.15, 0.2) is 0 Å². The van der Waals surface area contributed by atoms with Gasteiger partial charge in [-0.15, -0.1) is 0 Å². The fraction of sp³-hybridized carbons (Fsp3) is 0.211. The van der Waals surface area contributed by atoms with Gasteiger partial charge in [-0.1, -0.05) is 0 Å². The molecule has 3 aromatic heterocycles. The smallest absolute Gasteiger partial charge is 0.253 e. The van der Waals surface area contributed by atoms with Crippen molar-refractivity contribution >= 4 is 27.8 Å². The molecule has 0 saturated heterocycles. The number of aromatic amines is 1. The Hall–Kier alpha value is -3.19. The lowest BCUT2D eigenvalue weighted by Crippen LogP contribution is -2.32. The van der Waals surface area contributed by atoms with Crippen LogP contribution < -0.4 is 11.1 Å². The highest BCUT2D eigenvalue weighted by atomic mass is 16.3. The number of fused-ring (bicyclic) bond motifs is 3. The van der Waals surface area contributed by atoms with Gasteiger partial charge in [-0.05, 0) is 43.7 Å². The molecule has 0 aliphatic carbocycles. The van der Waals surface area contributed by atoms with Crippen LogP contribution in [0.2, 0.25) is 0 Å². The number of hydrogen-bond donors (Lipinski definition) is 3. The quantitative estimate of drug-likeness (QED) is 0.513. The predicted molar refractivity (Wildman–Crippen MR) is 98.6 cm³/mol. The molecule has 0 radical (unpaired) electrons. The molecule has 0 spiro atoms. The van der Waals surface area contributed by atoms with E-state index >= 15 is 0 Å². The van der Waals surface area contributed by atoms with Crippen LogP contribution >= 0.6 is 0 Å². The second kappa shape index (κ2) is 6.61. The van der Waals surface area contributed by atoms with Crippen LogP contribution in [0, 0.1) is 0 Å². The van der Waals surface area contributed by atoms with E-state index in [1.54, 1.807) is 24.5 Å². The molecule has 2 atom stereocenters. The van der Waals surface area contributed by atoms with Crippen LogP contribution in [0.1, 0.15) is 35.5 Å². The van der Waals surface area contributed by atoms with Crippen molar-refractivity contribution in [3.8, 4) is 0 Å². The average molecular weight is 349 g/mol. The summed E-state index contributed by atoms with van der Waals surface area (Å²) in [6.07, 6.45) is 5.49. The van der Waals surface area contributed by atoms with Crippen LogP contribution in [0.4, 0.5) is 0 Å². The third-order valence-corrected chi connectivity index (χ3v) is 4.31. The van der Waals surface area contributed by atoms with E-state index in [-0.39, 0.29) is 18.0 Å². The molecule has 26 heavy (non-hydrogen) atoms. The Labute approximate surface area is 149 Å². The first kappa shape index (κ1) is 16.3. The zero-order chi connectivity index (χ0) is 18.1. The zero-order valence-corrected chi connectivity index (χ0v) is 14.3. The lowest BCUT2D eigenvalue weighted by molar-refractivity contribution is 0.0928. The number of benzene rings is 1. The van der Waals surface area contributed by atoms with Crippen LogP contribution in [0.25, 0.3) is 21.9 Å². The standard InChI is InChI=1S/C19H19N5O2/c1-11(20)7-15(23-19(25)13-3-2-6-21-9-13)17-8-14-16(26-17)5-4-12-10-22-24-18(12)14/h2-6,8-11,15H,7,20H2,1H3,(H,22,24)(H,23,25)/t11-,15?/m0/s1. The Morgan fingerprint density at radius 2 is 2.23 bits per heavy atom. The number of aromatic nitrogens is 3. The first-order valence-corrected chi connectivity index (χ1v) is 8.44. The maximum atomic E-state index is 12.5. The molecule has 0 aliphatic heterocycles. The summed E-state index contributed by atoms with van der Waals surface area (Å²) in [6.45, 7) is 1.90. The number of rotatable bonds is 5. The van der Waals surface area contributed by atoms with Crippen molar-refractivity contribution in [2.24, 2.45) is 5.73 Å². The number of nitrogens with two attached hydrogens (primary N) is 1. The van der Waals surface area contributed by atoms with Crippen molar-refractivity contribution in [3.05, 3.63) is 60.2 Å². The van der Waals surface area contributed by atoms with Gasteiger partial charge in [-0.3, -0.25) is 14.9 Å². The van der Waals surface area contributed by atoms with Gasteiger partial charge in [-0.2, -0.15) is 5.10 Å². The highest BCUT2D eigenvalue weighted by molar-refractivity contribution is 6.03. The maximum absolute atomic E-state index is 12.5. The fourth-order valence-corrected chi connectivity index (χ4v) is 3.08. The Bertz CT molecular complexity index is 1050. The van der Waals surface area contributed by atoms with E-state index in [1.807, 2.05) is 25.1 Å². The number of carbonyl (C=O) groups excluding carboxylic acids is 1. The van der Waals surface area contributed by atoms with E-state index in [0.29, 0.717) is 17.7 Å². The molecule has 0 saturated carbocycles. The first-order valence-electron chi connectivity index (χ1n) is 8.44. The van der Waals surface area contributed by atoms with Crippen LogP contribution in [-0.4, -0.2) is 27.1 Å². The molecular formula is C19H19N5O2. The largest absolute Gasteiger partial charge is 0.459 e. The third-order valence-electron chi connectivity index (χ3n) is 4.31. The number of pyridine rings is 1. The maximum Gasteiger partial charge on any atom is 0.253 e. The highest BCUT2D eigenvalue weighted by Crippen LogP contribution is 2.30. The SMILES string of the molecule is C[C@H](N)CC(NC(=O)c1cccnc1)c1cc2c(ccc3cn[nH]c32)o1. The number of nitrogens with zero attached hydrogens (tertiary/aromatic N) is 2. The third kappa shape index (κ3) is 3.04. The normalized spacial score (nSPS) is 13.8. The molecular weight excluding hydrogens is 330 g/mol. The van der Waals surface area contributed by atoms with E-state index in [1.165, 1.54) is 6.20 Å². The Balaban J connectivity index is 1.70. The van der Waals surface area contributed by atoms with Crippen LogP contribution in [0.3, 0.4) is 0 Å². The number of amides is 1. The van der Waals surface area contributed by atoms with Crippen molar-refractivity contribution in [1.29, 1.82) is 0 Å². The van der Waals surface area contributed by atoms with Gasteiger partial charge in [-0.25, -0.2) is 0 Å². The molecule has 3 heterocycles. The predicted octanol–water partition coefficient (Wildman–Crippen LogP) is 2.91. The second-order valence-corrected chi connectivity index (χ2v) is 6.44. The number of nitrogens with one attached hydrogen (secondary N) is 2. The van der Waals surface area contributed by atoms with E-state index in [4.69, 9.17) is 10.2 Å². The minimum absolute atomic E-state index is 0.102. The number of carbonyl (C=O) groups is 1. The molecule has 1 amide bonds. The lowest BCUT2D eigenvalue weighted by Gasteiger charge is -2.18. The van der Waals surface area contributed by atoms with E-state index in [9.17, 15) is 4.79 Å². The van der Waals surface area contributed by atoms with E-state index < -0.39 is 0 Å². The monoisotopic (exact) mass is 349 g/mol.